The third-order valence-electron chi connectivity index (χ3n) is 3.71. The summed E-state index contributed by atoms with van der Waals surface area (Å²) in [5.74, 6) is 0. The zero-order valence-electron chi connectivity index (χ0n) is 14.4. The molecule has 4 aromatic heterocycles. The summed E-state index contributed by atoms with van der Waals surface area (Å²) in [4.78, 5) is 22.2. The van der Waals surface area contributed by atoms with Crippen LogP contribution in [-0.4, -0.2) is 19.9 Å². The van der Waals surface area contributed by atoms with Crippen molar-refractivity contribution < 1.29 is 0 Å². The van der Waals surface area contributed by atoms with Crippen molar-refractivity contribution >= 4 is 37.9 Å². The van der Waals surface area contributed by atoms with Gasteiger partial charge < -0.3 is 0 Å². The minimum atomic E-state index is -0.961. The number of nitrogens with one attached hydrogen (secondary N) is 1. The van der Waals surface area contributed by atoms with Gasteiger partial charge in [0.05, 0.1) is 37.9 Å². The normalized spacial score (nSPS) is 11.0. The maximum atomic E-state index is 4.59. The van der Waals surface area contributed by atoms with Crippen LogP contribution < -0.4 is 26.6 Å². The summed E-state index contributed by atoms with van der Waals surface area (Å²) in [6, 6.07) is 23.9. The maximum Gasteiger partial charge on any atom is 0.0844 e. The molecule has 0 aromatic carbocycles. The van der Waals surface area contributed by atoms with Gasteiger partial charge in [-0.25, -0.2) is 0 Å². The molecule has 27 heavy (non-hydrogen) atoms. The third-order valence-corrected chi connectivity index (χ3v) is 8.20. The Morgan fingerprint density at radius 2 is 0.741 bits per heavy atom. The van der Waals surface area contributed by atoms with Crippen LogP contribution in [0.2, 0.25) is 0 Å². The van der Waals surface area contributed by atoms with Crippen molar-refractivity contribution in [3.05, 3.63) is 97.6 Å². The molecule has 0 saturated carbocycles. The van der Waals surface area contributed by atoms with Crippen LogP contribution in [-0.2, 0) is 0 Å². The van der Waals surface area contributed by atoms with Gasteiger partial charge in [0.1, 0.15) is 0 Å². The molecule has 4 aromatic rings. The Kier molecular flexibility index (Phi) is 5.86. The second-order valence-electron chi connectivity index (χ2n) is 5.52. The van der Waals surface area contributed by atoms with Gasteiger partial charge in [-0.2, -0.15) is 0 Å². The molecule has 1 N–H and O–H groups in total. The van der Waals surface area contributed by atoms with E-state index in [1.807, 2.05) is 97.6 Å². The van der Waals surface area contributed by atoms with Gasteiger partial charge in [-0.15, -0.1) is 0 Å². The molecule has 0 radical (unpaired) electrons. The molecule has 0 saturated heterocycles. The second kappa shape index (κ2) is 8.88. The maximum absolute atomic E-state index is 4.59. The molecule has 0 unspecified atom stereocenters. The lowest BCUT2D eigenvalue weighted by atomic mass is 10.5. The summed E-state index contributed by atoms with van der Waals surface area (Å²) in [5.41, 5.74) is 3.91. The molecule has 4 heterocycles. The second-order valence-corrected chi connectivity index (χ2v) is 9.50. The van der Waals surface area contributed by atoms with E-state index < -0.39 is 16.1 Å². The molecule has 0 spiro atoms. The van der Waals surface area contributed by atoms with Crippen molar-refractivity contribution in [2.45, 2.75) is 0 Å². The average molecular weight is 389 g/mol. The zero-order chi connectivity index (χ0) is 18.3. The summed E-state index contributed by atoms with van der Waals surface area (Å²) in [7, 11) is -1.92. The first-order chi connectivity index (χ1) is 13.4. The number of pyridine rings is 4. The summed E-state index contributed by atoms with van der Waals surface area (Å²) < 4.78 is 0. The zero-order valence-corrected chi connectivity index (χ0v) is 16.2. The summed E-state index contributed by atoms with van der Waals surface area (Å²) >= 11 is 0. The molecule has 0 aliphatic heterocycles. The number of hydrogen-bond acceptors (Lipinski definition) is 5. The fourth-order valence-corrected chi connectivity index (χ4v) is 7.06. The van der Waals surface area contributed by atoms with Gasteiger partial charge in [-0.3, -0.25) is 24.8 Å². The molecule has 0 fully saturated rings. The first-order valence-corrected chi connectivity index (χ1v) is 11.1. The Morgan fingerprint density at radius 1 is 0.444 bits per heavy atom. The lowest BCUT2D eigenvalue weighted by Crippen LogP contribution is -2.31. The van der Waals surface area contributed by atoms with Crippen molar-refractivity contribution in [3.63, 3.8) is 0 Å². The van der Waals surface area contributed by atoms with Gasteiger partial charge >= 0.3 is 0 Å². The van der Waals surface area contributed by atoms with E-state index in [2.05, 4.69) is 24.8 Å². The van der Waals surface area contributed by atoms with Gasteiger partial charge in [-0.1, -0.05) is 24.3 Å². The Labute approximate surface area is 160 Å². The van der Waals surface area contributed by atoms with E-state index in [0.29, 0.717) is 0 Å². The number of aromatic nitrogens is 4. The Balaban J connectivity index is 1.77. The highest BCUT2D eigenvalue weighted by molar-refractivity contribution is 7.84. The quantitative estimate of drug-likeness (QED) is 0.513. The number of hydrogen-bond donors (Lipinski definition) is 1. The van der Waals surface area contributed by atoms with Gasteiger partial charge in [0.25, 0.3) is 0 Å². The predicted molar refractivity (Wildman–Crippen MR) is 112 cm³/mol. The number of nitrogens with zero attached hydrogens (tertiary/aromatic N) is 4. The molecule has 0 bridgehead atoms. The molecular formula is C20H17N5P2. The summed E-state index contributed by atoms with van der Waals surface area (Å²) in [5, 5.41) is 0. The van der Waals surface area contributed by atoms with Crippen molar-refractivity contribution in [2.75, 3.05) is 0 Å². The molecule has 0 amide bonds. The van der Waals surface area contributed by atoms with Gasteiger partial charge in [0.2, 0.25) is 0 Å². The minimum absolute atomic E-state index is 0.961. The molecule has 0 aliphatic rings. The summed E-state index contributed by atoms with van der Waals surface area (Å²) in [6.07, 6.45) is 7.27. The Hall–Kier alpha value is -2.58. The standard InChI is InChI=1S/C20H17N5P2/c1-5-13-21-17(9-1)26(18-10-2-6-14-22-18)25-27(19-11-3-7-15-23-19)20-12-4-8-16-24-20/h1-16,25H. The van der Waals surface area contributed by atoms with Crippen LogP contribution in [0.4, 0.5) is 0 Å². The van der Waals surface area contributed by atoms with Crippen LogP contribution in [0.1, 0.15) is 0 Å². The van der Waals surface area contributed by atoms with E-state index in [0.717, 1.165) is 21.7 Å². The lowest BCUT2D eigenvalue weighted by molar-refractivity contribution is 1.34. The molecule has 0 aliphatic carbocycles. The van der Waals surface area contributed by atoms with Crippen LogP contribution in [0.5, 0.6) is 0 Å². The third kappa shape index (κ3) is 4.40. The van der Waals surface area contributed by atoms with E-state index in [4.69, 9.17) is 0 Å². The number of rotatable bonds is 6. The van der Waals surface area contributed by atoms with Gasteiger partial charge in [0.15, 0.2) is 0 Å². The Morgan fingerprint density at radius 3 is 0.963 bits per heavy atom. The fourth-order valence-electron chi connectivity index (χ4n) is 2.48. The highest BCUT2D eigenvalue weighted by Gasteiger charge is 2.25. The minimum Gasteiger partial charge on any atom is -0.255 e. The average Bonchev–Trinajstić information content (AvgIpc) is 2.77. The topological polar surface area (TPSA) is 63.6 Å². The highest BCUT2D eigenvalue weighted by Crippen LogP contribution is 2.40. The molecular weight excluding hydrogens is 372 g/mol. The van der Waals surface area contributed by atoms with Crippen molar-refractivity contribution in [2.24, 2.45) is 0 Å². The van der Waals surface area contributed by atoms with E-state index in [1.165, 1.54) is 0 Å². The summed E-state index contributed by atoms with van der Waals surface area (Å²) in [6.45, 7) is 0. The largest absolute Gasteiger partial charge is 0.255 e. The van der Waals surface area contributed by atoms with Crippen molar-refractivity contribution in [3.8, 4) is 0 Å². The van der Waals surface area contributed by atoms with Crippen LogP contribution in [0, 0.1) is 0 Å². The molecule has 132 valence electrons. The first kappa shape index (κ1) is 17.8. The fraction of sp³-hybridized carbons (Fsp3) is 0. The SMILES string of the molecule is c1ccc(P(NP(c2ccccn2)c2ccccn2)c2ccccn2)nc1. The van der Waals surface area contributed by atoms with Gasteiger partial charge in [-0.05, 0) is 48.5 Å². The lowest BCUT2D eigenvalue weighted by Gasteiger charge is -2.24. The molecule has 7 heteroatoms. The molecule has 4 rings (SSSR count). The Bertz CT molecular complexity index is 797. The molecule has 0 atom stereocenters. The van der Waals surface area contributed by atoms with Crippen LogP contribution in [0.25, 0.3) is 0 Å². The predicted octanol–water partition coefficient (Wildman–Crippen LogP) is 2.25. The smallest absolute Gasteiger partial charge is 0.0844 e. The first-order valence-electron chi connectivity index (χ1n) is 8.42. The van der Waals surface area contributed by atoms with Crippen molar-refractivity contribution in [1.82, 2.24) is 24.8 Å². The van der Waals surface area contributed by atoms with Gasteiger partial charge in [0, 0.05) is 24.8 Å². The van der Waals surface area contributed by atoms with E-state index >= 15 is 0 Å². The van der Waals surface area contributed by atoms with Crippen LogP contribution in [0.15, 0.2) is 97.6 Å². The highest BCUT2D eigenvalue weighted by atomic mass is 31.2. The van der Waals surface area contributed by atoms with Crippen molar-refractivity contribution in [1.29, 1.82) is 0 Å². The monoisotopic (exact) mass is 389 g/mol. The van der Waals surface area contributed by atoms with E-state index in [9.17, 15) is 0 Å². The van der Waals surface area contributed by atoms with Crippen LogP contribution in [0.3, 0.4) is 0 Å². The van der Waals surface area contributed by atoms with Crippen LogP contribution >= 0.6 is 16.1 Å². The molecule has 5 nitrogen and oxygen atoms in total. The van der Waals surface area contributed by atoms with E-state index in [-0.39, 0.29) is 0 Å². The van der Waals surface area contributed by atoms with E-state index in [1.54, 1.807) is 0 Å².